The molecular weight excluding hydrogens is 366 g/mol. The second-order valence-electron chi connectivity index (χ2n) is 8.52. The predicted octanol–water partition coefficient (Wildman–Crippen LogP) is 2.44. The molecule has 1 aliphatic heterocycles. The Labute approximate surface area is 170 Å². The summed E-state index contributed by atoms with van der Waals surface area (Å²) < 4.78 is 5.73. The normalized spacial score (nSPS) is 27.5. The number of hydrogen-bond donors (Lipinski definition) is 1. The molecule has 1 saturated heterocycles. The summed E-state index contributed by atoms with van der Waals surface area (Å²) in [6, 6.07) is 0. The zero-order valence-corrected chi connectivity index (χ0v) is 18.4. The van der Waals surface area contributed by atoms with Crippen LogP contribution in [0.1, 0.15) is 59.8 Å². The summed E-state index contributed by atoms with van der Waals surface area (Å²) in [5, 5.41) is 0. The van der Waals surface area contributed by atoms with Crippen LogP contribution in [0.3, 0.4) is 0 Å². The molecular formula is C20H38ClN3O3. The van der Waals surface area contributed by atoms with Crippen molar-refractivity contribution in [2.75, 3.05) is 33.3 Å². The summed E-state index contributed by atoms with van der Waals surface area (Å²) in [7, 11) is 1.88. The average molecular weight is 404 g/mol. The van der Waals surface area contributed by atoms with E-state index < -0.39 is 5.54 Å². The minimum Gasteiger partial charge on any atom is -0.378 e. The lowest BCUT2D eigenvalue weighted by Crippen LogP contribution is -2.76. The smallest absolute Gasteiger partial charge is 0.243 e. The Hall–Kier alpha value is -0.850. The van der Waals surface area contributed by atoms with Crippen LogP contribution >= 0.6 is 12.4 Å². The number of piperidine rings is 1. The van der Waals surface area contributed by atoms with Crippen LogP contribution in [0, 0.1) is 11.3 Å². The lowest BCUT2D eigenvalue weighted by Gasteiger charge is -2.59. The van der Waals surface area contributed by atoms with Gasteiger partial charge in [0.25, 0.3) is 0 Å². The molecule has 2 unspecified atom stereocenters. The number of rotatable bonds is 7. The van der Waals surface area contributed by atoms with E-state index in [0.717, 1.165) is 32.2 Å². The maximum Gasteiger partial charge on any atom is 0.243 e. The molecule has 0 spiro atoms. The van der Waals surface area contributed by atoms with E-state index >= 15 is 0 Å². The largest absolute Gasteiger partial charge is 0.378 e. The Kier molecular flexibility index (Phi) is 8.57. The van der Waals surface area contributed by atoms with Crippen molar-refractivity contribution in [1.82, 2.24) is 9.80 Å². The highest BCUT2D eigenvalue weighted by atomic mass is 35.5. The van der Waals surface area contributed by atoms with E-state index in [4.69, 9.17) is 10.5 Å². The Morgan fingerprint density at radius 1 is 1.22 bits per heavy atom. The van der Waals surface area contributed by atoms with Gasteiger partial charge in [0.05, 0.1) is 6.10 Å². The zero-order valence-electron chi connectivity index (χ0n) is 17.6. The summed E-state index contributed by atoms with van der Waals surface area (Å²) in [6.45, 7) is 10.8. The SMILES string of the molecule is CCCCN(C)C(=O)C1CCN(C(=O)C2(N)CC(OCC)C2(C)C)CC1.Cl. The lowest BCUT2D eigenvalue weighted by molar-refractivity contribution is -0.180. The number of hydrogen-bond acceptors (Lipinski definition) is 4. The van der Waals surface area contributed by atoms with E-state index in [-0.39, 0.29) is 41.7 Å². The number of nitrogens with zero attached hydrogens (tertiary/aromatic N) is 2. The zero-order chi connectivity index (χ0) is 19.5. The van der Waals surface area contributed by atoms with Crippen molar-refractivity contribution in [1.29, 1.82) is 0 Å². The Balaban J connectivity index is 0.00000364. The molecule has 0 bridgehead atoms. The van der Waals surface area contributed by atoms with E-state index in [1.807, 2.05) is 37.6 Å². The number of carbonyl (C=O) groups is 2. The number of carbonyl (C=O) groups excluding carboxylic acids is 2. The number of amides is 2. The van der Waals surface area contributed by atoms with Crippen molar-refractivity contribution in [3.05, 3.63) is 0 Å². The second kappa shape index (κ2) is 9.57. The molecule has 1 aliphatic carbocycles. The summed E-state index contributed by atoms with van der Waals surface area (Å²) >= 11 is 0. The van der Waals surface area contributed by atoms with Gasteiger partial charge in [0.2, 0.25) is 11.8 Å². The molecule has 0 radical (unpaired) electrons. The molecule has 158 valence electrons. The Bertz CT molecular complexity index is 521. The fourth-order valence-corrected chi connectivity index (χ4v) is 4.23. The minimum absolute atomic E-state index is 0. The van der Waals surface area contributed by atoms with Crippen molar-refractivity contribution in [2.24, 2.45) is 17.1 Å². The van der Waals surface area contributed by atoms with E-state index in [0.29, 0.717) is 26.1 Å². The molecule has 0 aromatic carbocycles. The summed E-state index contributed by atoms with van der Waals surface area (Å²) in [5.74, 6) is 0.261. The van der Waals surface area contributed by atoms with Crippen molar-refractivity contribution in [2.45, 2.75) is 71.4 Å². The molecule has 2 rings (SSSR count). The van der Waals surface area contributed by atoms with Crippen LogP contribution in [-0.2, 0) is 14.3 Å². The van der Waals surface area contributed by atoms with Gasteiger partial charge in [-0.1, -0.05) is 27.2 Å². The molecule has 2 atom stereocenters. The number of halogens is 1. The van der Waals surface area contributed by atoms with Crippen LogP contribution in [0.15, 0.2) is 0 Å². The van der Waals surface area contributed by atoms with Gasteiger partial charge in [-0.15, -0.1) is 12.4 Å². The maximum absolute atomic E-state index is 13.1. The first-order valence-corrected chi connectivity index (χ1v) is 10.1. The van der Waals surface area contributed by atoms with Crippen molar-refractivity contribution in [3.63, 3.8) is 0 Å². The van der Waals surface area contributed by atoms with Crippen LogP contribution in [0.25, 0.3) is 0 Å². The fraction of sp³-hybridized carbons (Fsp3) is 0.900. The Morgan fingerprint density at radius 3 is 2.30 bits per heavy atom. The first-order chi connectivity index (χ1) is 12.2. The van der Waals surface area contributed by atoms with Crippen LogP contribution < -0.4 is 5.73 Å². The van der Waals surface area contributed by atoms with Crippen LogP contribution in [-0.4, -0.2) is 66.5 Å². The summed E-state index contributed by atoms with van der Waals surface area (Å²) in [5.41, 5.74) is 5.30. The molecule has 1 saturated carbocycles. The molecule has 27 heavy (non-hydrogen) atoms. The monoisotopic (exact) mass is 403 g/mol. The summed E-state index contributed by atoms with van der Waals surface area (Å²) in [4.78, 5) is 29.3. The number of nitrogens with two attached hydrogens (primary N) is 1. The van der Waals surface area contributed by atoms with E-state index in [2.05, 4.69) is 6.92 Å². The fourth-order valence-electron chi connectivity index (χ4n) is 4.23. The number of ether oxygens (including phenoxy) is 1. The Morgan fingerprint density at radius 2 is 1.81 bits per heavy atom. The predicted molar refractivity (Wildman–Crippen MR) is 110 cm³/mol. The first kappa shape index (κ1) is 24.2. The first-order valence-electron chi connectivity index (χ1n) is 10.1. The highest BCUT2D eigenvalue weighted by molar-refractivity contribution is 5.89. The second-order valence-corrected chi connectivity index (χ2v) is 8.52. The highest BCUT2D eigenvalue weighted by Crippen LogP contribution is 2.50. The third kappa shape index (κ3) is 4.60. The molecule has 0 aromatic heterocycles. The number of likely N-dealkylation sites (tertiary alicyclic amines) is 1. The van der Waals surface area contributed by atoms with Crippen molar-refractivity contribution >= 4 is 24.2 Å². The van der Waals surface area contributed by atoms with Crippen LogP contribution in [0.5, 0.6) is 0 Å². The van der Waals surface area contributed by atoms with Gasteiger partial charge in [0.15, 0.2) is 0 Å². The topological polar surface area (TPSA) is 75.9 Å². The molecule has 0 aromatic rings. The molecule has 7 heteroatoms. The molecule has 6 nitrogen and oxygen atoms in total. The van der Waals surface area contributed by atoms with E-state index in [1.54, 1.807) is 0 Å². The quantitative estimate of drug-likeness (QED) is 0.708. The lowest BCUT2D eigenvalue weighted by atomic mass is 9.54. The molecule has 2 N–H and O–H groups in total. The van der Waals surface area contributed by atoms with Gasteiger partial charge in [-0.2, -0.15) is 0 Å². The third-order valence-corrected chi connectivity index (χ3v) is 6.57. The molecule has 2 fully saturated rings. The molecule has 2 amide bonds. The average Bonchev–Trinajstić information content (AvgIpc) is 2.64. The van der Waals surface area contributed by atoms with Gasteiger partial charge >= 0.3 is 0 Å². The summed E-state index contributed by atoms with van der Waals surface area (Å²) in [6.07, 6.45) is 4.18. The van der Waals surface area contributed by atoms with Gasteiger partial charge in [-0.05, 0) is 26.2 Å². The van der Waals surface area contributed by atoms with Gasteiger partial charge in [-0.25, -0.2) is 0 Å². The van der Waals surface area contributed by atoms with Gasteiger partial charge in [0.1, 0.15) is 5.54 Å². The van der Waals surface area contributed by atoms with E-state index in [9.17, 15) is 9.59 Å². The standard InChI is InChI=1S/C20H37N3O3.ClH/c1-6-8-11-22(5)17(24)15-9-12-23(13-10-15)18(25)20(21)14-16(26-7-2)19(20,3)4;/h15-16H,6-14,21H2,1-5H3;1H. The van der Waals surface area contributed by atoms with E-state index in [1.165, 1.54) is 0 Å². The number of unbranched alkanes of at least 4 members (excludes halogenated alkanes) is 1. The van der Waals surface area contributed by atoms with Crippen molar-refractivity contribution < 1.29 is 14.3 Å². The molecule has 2 aliphatic rings. The van der Waals surface area contributed by atoms with Gasteiger partial charge < -0.3 is 20.3 Å². The molecule has 1 heterocycles. The highest BCUT2D eigenvalue weighted by Gasteiger charge is 2.63. The van der Waals surface area contributed by atoms with Crippen molar-refractivity contribution in [3.8, 4) is 0 Å². The van der Waals surface area contributed by atoms with Gasteiger partial charge in [-0.3, -0.25) is 9.59 Å². The van der Waals surface area contributed by atoms with Crippen LogP contribution in [0.4, 0.5) is 0 Å². The van der Waals surface area contributed by atoms with Gasteiger partial charge in [0, 0.05) is 51.0 Å². The van der Waals surface area contributed by atoms with Crippen LogP contribution in [0.2, 0.25) is 0 Å². The third-order valence-electron chi connectivity index (χ3n) is 6.57. The minimum atomic E-state index is -0.860. The maximum atomic E-state index is 13.1.